The molecule has 0 aromatic heterocycles. The van der Waals surface area contributed by atoms with Gasteiger partial charge < -0.3 is 5.32 Å². The Balaban J connectivity index is 2.32. The first kappa shape index (κ1) is 21.7. The second-order valence-electron chi connectivity index (χ2n) is 5.48. The van der Waals surface area contributed by atoms with Crippen LogP contribution in [0.25, 0.3) is 0 Å². The maximum Gasteiger partial charge on any atom is 0.295 e. The minimum Gasteiger partial charge on any atom is -0.322 e. The zero-order valence-corrected chi connectivity index (χ0v) is 16.0. The summed E-state index contributed by atoms with van der Waals surface area (Å²) in [4.78, 5) is 43.1. The third kappa shape index (κ3) is 5.03. The molecule has 0 saturated carbocycles. The van der Waals surface area contributed by atoms with E-state index in [4.69, 9.17) is 11.6 Å². The van der Waals surface area contributed by atoms with Crippen LogP contribution in [0.1, 0.15) is 17.3 Å². The fourth-order valence-electron chi connectivity index (χ4n) is 2.16. The normalized spacial score (nSPS) is 10.8. The number of benzene rings is 2. The van der Waals surface area contributed by atoms with Gasteiger partial charge >= 0.3 is 0 Å². The summed E-state index contributed by atoms with van der Waals surface area (Å²) in [6, 6.07) is 6.17. The number of anilines is 1. The number of nitrogens with zero attached hydrogens (tertiary/aromatic N) is 2. The molecule has 2 aromatic rings. The van der Waals surface area contributed by atoms with E-state index >= 15 is 0 Å². The molecule has 0 fully saturated rings. The molecular formula is C15H11ClN4O8S. The molecule has 0 unspecified atom stereocenters. The van der Waals surface area contributed by atoms with Crippen molar-refractivity contribution in [3.8, 4) is 0 Å². The number of hydrogen-bond acceptors (Lipinski definition) is 8. The number of carbonyl (C=O) groups is 2. The van der Waals surface area contributed by atoms with E-state index in [0.29, 0.717) is 0 Å². The number of halogens is 1. The van der Waals surface area contributed by atoms with E-state index < -0.39 is 53.6 Å². The highest BCUT2D eigenvalue weighted by Gasteiger charge is 2.27. The molecule has 14 heteroatoms. The van der Waals surface area contributed by atoms with Gasteiger partial charge in [0.2, 0.25) is 5.91 Å². The van der Waals surface area contributed by atoms with Crippen molar-refractivity contribution in [2.24, 2.45) is 0 Å². The van der Waals surface area contributed by atoms with Crippen molar-refractivity contribution in [2.45, 2.75) is 11.8 Å². The Labute approximate surface area is 167 Å². The Hall–Kier alpha value is -3.58. The molecule has 0 spiro atoms. The fourth-order valence-corrected chi connectivity index (χ4v) is 3.40. The Morgan fingerprint density at radius 3 is 1.90 bits per heavy atom. The van der Waals surface area contributed by atoms with Gasteiger partial charge in [0.15, 0.2) is 5.02 Å². The maximum atomic E-state index is 12.3. The zero-order chi connectivity index (χ0) is 21.9. The van der Waals surface area contributed by atoms with E-state index in [9.17, 15) is 38.2 Å². The molecule has 0 aliphatic carbocycles. The van der Waals surface area contributed by atoms with Crippen molar-refractivity contribution in [1.29, 1.82) is 0 Å². The lowest BCUT2D eigenvalue weighted by Gasteiger charge is -2.08. The van der Waals surface area contributed by atoms with Gasteiger partial charge in [-0.3, -0.25) is 29.8 Å². The molecule has 2 amide bonds. The molecule has 12 nitrogen and oxygen atoms in total. The van der Waals surface area contributed by atoms with E-state index in [1.54, 1.807) is 4.72 Å². The van der Waals surface area contributed by atoms with Crippen LogP contribution in [0, 0.1) is 20.2 Å². The van der Waals surface area contributed by atoms with Gasteiger partial charge in [-0.2, -0.15) is 0 Å². The van der Waals surface area contributed by atoms with Crippen molar-refractivity contribution < 1.29 is 27.9 Å². The first-order valence-corrected chi connectivity index (χ1v) is 9.35. The smallest absolute Gasteiger partial charge is 0.295 e. The fraction of sp³-hybridized carbons (Fsp3) is 0.0667. The molecule has 2 aromatic carbocycles. The molecule has 0 atom stereocenters. The molecule has 0 heterocycles. The zero-order valence-electron chi connectivity index (χ0n) is 14.4. The average molecular weight is 443 g/mol. The quantitative estimate of drug-likeness (QED) is 0.504. The van der Waals surface area contributed by atoms with Crippen LogP contribution in [0.3, 0.4) is 0 Å². The van der Waals surface area contributed by atoms with Crippen LogP contribution >= 0.6 is 11.6 Å². The van der Waals surface area contributed by atoms with Crippen molar-refractivity contribution >= 4 is 50.5 Å². The van der Waals surface area contributed by atoms with Crippen LogP contribution < -0.4 is 10.0 Å². The summed E-state index contributed by atoms with van der Waals surface area (Å²) < 4.78 is 25.5. The van der Waals surface area contributed by atoms with Crippen molar-refractivity contribution in [3.05, 3.63) is 67.2 Å². The summed E-state index contributed by atoms with van der Waals surface area (Å²) >= 11 is 5.63. The van der Waals surface area contributed by atoms with Gasteiger partial charge in [0.1, 0.15) is 0 Å². The summed E-state index contributed by atoms with van der Waals surface area (Å²) in [6.45, 7) is 1.02. The van der Waals surface area contributed by atoms with Gasteiger partial charge in [-0.1, -0.05) is 11.6 Å². The number of rotatable bonds is 6. The molecule has 152 valence electrons. The summed E-state index contributed by atoms with van der Waals surface area (Å²) in [6.07, 6.45) is 0. The number of nitro groups is 2. The number of nitro benzene ring substituents is 2. The van der Waals surface area contributed by atoms with Gasteiger partial charge in [0.25, 0.3) is 27.3 Å². The molecule has 0 saturated heterocycles. The minimum absolute atomic E-state index is 0.0945. The van der Waals surface area contributed by atoms with E-state index in [1.807, 2.05) is 0 Å². The van der Waals surface area contributed by atoms with Gasteiger partial charge in [0.05, 0.1) is 20.3 Å². The standard InChI is InChI=1S/C15H11ClN4O8S/c1-8(21)18-29(27,28)11-4-2-10(3-5-11)17-15(22)9-6-12(19(23)24)14(16)13(7-9)20(25)26/h2-7H,1H3,(H,17,22)(H,18,21). The van der Waals surface area contributed by atoms with Gasteiger partial charge in [-0.15, -0.1) is 0 Å². The van der Waals surface area contributed by atoms with E-state index in [2.05, 4.69) is 5.32 Å². The Bertz CT molecular complexity index is 1100. The SMILES string of the molecule is CC(=O)NS(=O)(=O)c1ccc(NC(=O)c2cc([N+](=O)[O-])c(Cl)c([N+](=O)[O-])c2)cc1. The van der Waals surface area contributed by atoms with Gasteiger partial charge in [-0.05, 0) is 24.3 Å². The van der Waals surface area contributed by atoms with Crippen LogP contribution in [0.2, 0.25) is 5.02 Å². The molecule has 0 radical (unpaired) electrons. The second-order valence-corrected chi connectivity index (χ2v) is 7.54. The lowest BCUT2D eigenvalue weighted by molar-refractivity contribution is -0.393. The molecular weight excluding hydrogens is 432 g/mol. The molecule has 0 aliphatic heterocycles. The Kier molecular flexibility index (Phi) is 6.14. The van der Waals surface area contributed by atoms with Crippen LogP contribution in [0.5, 0.6) is 0 Å². The third-order valence-electron chi connectivity index (χ3n) is 3.39. The predicted molar refractivity (Wildman–Crippen MR) is 100 cm³/mol. The van der Waals surface area contributed by atoms with Crippen LogP contribution in [-0.4, -0.2) is 30.1 Å². The molecule has 2 N–H and O–H groups in total. The lowest BCUT2D eigenvalue weighted by atomic mass is 10.1. The highest BCUT2D eigenvalue weighted by atomic mass is 35.5. The summed E-state index contributed by atoms with van der Waals surface area (Å²) in [5.74, 6) is -1.71. The number of carbonyl (C=O) groups excluding carboxylic acids is 2. The van der Waals surface area contributed by atoms with E-state index in [-0.39, 0.29) is 10.6 Å². The van der Waals surface area contributed by atoms with Crippen molar-refractivity contribution in [1.82, 2.24) is 4.72 Å². The van der Waals surface area contributed by atoms with E-state index in [0.717, 1.165) is 31.2 Å². The van der Waals surface area contributed by atoms with Gasteiger partial charge in [0, 0.05) is 24.7 Å². The van der Waals surface area contributed by atoms with Gasteiger partial charge in [-0.25, -0.2) is 13.1 Å². The molecule has 2 rings (SSSR count). The summed E-state index contributed by atoms with van der Waals surface area (Å²) in [5.41, 5.74) is -1.94. The number of hydrogen-bond donors (Lipinski definition) is 2. The summed E-state index contributed by atoms with van der Waals surface area (Å²) in [7, 11) is -4.07. The number of amides is 2. The van der Waals surface area contributed by atoms with Crippen molar-refractivity contribution in [2.75, 3.05) is 5.32 Å². The first-order valence-electron chi connectivity index (χ1n) is 7.49. The summed E-state index contributed by atoms with van der Waals surface area (Å²) in [5, 5.41) is 23.6. The second kappa shape index (κ2) is 8.20. The first-order chi connectivity index (χ1) is 13.4. The molecule has 29 heavy (non-hydrogen) atoms. The monoisotopic (exact) mass is 442 g/mol. The molecule has 0 bridgehead atoms. The van der Waals surface area contributed by atoms with Crippen LogP contribution in [-0.2, 0) is 14.8 Å². The Morgan fingerprint density at radius 1 is 1.00 bits per heavy atom. The average Bonchev–Trinajstić information content (AvgIpc) is 2.60. The van der Waals surface area contributed by atoms with Crippen LogP contribution in [0.15, 0.2) is 41.3 Å². The Morgan fingerprint density at radius 2 is 1.48 bits per heavy atom. The largest absolute Gasteiger partial charge is 0.322 e. The number of nitrogens with one attached hydrogen (secondary N) is 2. The highest BCUT2D eigenvalue weighted by Crippen LogP contribution is 2.35. The highest BCUT2D eigenvalue weighted by molar-refractivity contribution is 7.90. The topological polar surface area (TPSA) is 179 Å². The minimum atomic E-state index is -4.07. The maximum absolute atomic E-state index is 12.3. The van der Waals surface area contributed by atoms with Crippen LogP contribution in [0.4, 0.5) is 17.1 Å². The van der Waals surface area contributed by atoms with Crippen molar-refractivity contribution in [3.63, 3.8) is 0 Å². The third-order valence-corrected chi connectivity index (χ3v) is 5.23. The number of sulfonamides is 1. The predicted octanol–water partition coefficient (Wildman–Crippen LogP) is 2.23. The molecule has 0 aliphatic rings. The lowest BCUT2D eigenvalue weighted by Crippen LogP contribution is -2.28. The van der Waals surface area contributed by atoms with E-state index in [1.165, 1.54) is 12.1 Å².